The van der Waals surface area contributed by atoms with E-state index in [4.69, 9.17) is 9.47 Å². The van der Waals surface area contributed by atoms with Crippen molar-refractivity contribution in [1.82, 2.24) is 4.90 Å². The van der Waals surface area contributed by atoms with Crippen molar-refractivity contribution in [2.75, 3.05) is 26.3 Å². The fraction of sp³-hybridized carbons (Fsp3) is 1.00. The zero-order valence-corrected chi connectivity index (χ0v) is 9.24. The highest BCUT2D eigenvalue weighted by Crippen LogP contribution is 2.29. The molecule has 1 saturated heterocycles. The first-order valence-corrected chi connectivity index (χ1v) is 5.73. The van der Waals surface area contributed by atoms with Crippen LogP contribution in [0.3, 0.4) is 0 Å². The second kappa shape index (κ2) is 4.60. The average molecular weight is 199 g/mol. The molecule has 0 amide bonds. The third-order valence-electron chi connectivity index (χ3n) is 3.10. The lowest BCUT2D eigenvalue weighted by Crippen LogP contribution is -2.52. The van der Waals surface area contributed by atoms with E-state index >= 15 is 0 Å². The smallest absolute Gasteiger partial charge is 0.0608 e. The Balaban J connectivity index is 1.66. The van der Waals surface area contributed by atoms with E-state index in [9.17, 15) is 0 Å². The van der Waals surface area contributed by atoms with Gasteiger partial charge in [0.05, 0.1) is 25.4 Å². The summed E-state index contributed by atoms with van der Waals surface area (Å²) in [5.41, 5.74) is 0. The maximum absolute atomic E-state index is 5.75. The third kappa shape index (κ3) is 2.47. The molecule has 2 rings (SSSR count). The van der Waals surface area contributed by atoms with Gasteiger partial charge in [-0.05, 0) is 26.7 Å². The van der Waals surface area contributed by atoms with E-state index in [0.29, 0.717) is 12.2 Å². The van der Waals surface area contributed by atoms with E-state index in [2.05, 4.69) is 18.7 Å². The molecule has 0 spiro atoms. The molecule has 3 heteroatoms. The average Bonchev–Trinajstić information content (AvgIpc) is 2.12. The Bertz CT molecular complexity index is 172. The highest BCUT2D eigenvalue weighted by molar-refractivity contribution is 4.89. The number of hydrogen-bond donors (Lipinski definition) is 0. The Kier molecular flexibility index (Phi) is 3.42. The van der Waals surface area contributed by atoms with Crippen LogP contribution in [0.1, 0.15) is 26.7 Å². The molecule has 0 unspecified atom stereocenters. The Morgan fingerprint density at radius 3 is 2.43 bits per heavy atom. The molecule has 1 saturated carbocycles. The lowest BCUT2D eigenvalue weighted by Gasteiger charge is -2.44. The molecule has 1 aliphatic carbocycles. The Labute approximate surface area is 86.4 Å². The maximum atomic E-state index is 5.75. The lowest BCUT2D eigenvalue weighted by molar-refractivity contribution is -0.0929. The topological polar surface area (TPSA) is 21.7 Å². The molecule has 0 aromatic heterocycles. The van der Waals surface area contributed by atoms with Crippen molar-refractivity contribution in [2.45, 2.75) is 44.9 Å². The van der Waals surface area contributed by atoms with Crippen LogP contribution in [0.25, 0.3) is 0 Å². The summed E-state index contributed by atoms with van der Waals surface area (Å²) in [7, 11) is 0. The van der Waals surface area contributed by atoms with Gasteiger partial charge in [0.2, 0.25) is 0 Å². The Hall–Kier alpha value is -0.120. The van der Waals surface area contributed by atoms with Crippen LogP contribution in [-0.4, -0.2) is 49.5 Å². The Morgan fingerprint density at radius 1 is 1.21 bits per heavy atom. The third-order valence-corrected chi connectivity index (χ3v) is 3.10. The van der Waals surface area contributed by atoms with Crippen molar-refractivity contribution >= 4 is 0 Å². The maximum Gasteiger partial charge on any atom is 0.0608 e. The van der Waals surface area contributed by atoms with Gasteiger partial charge in [-0.25, -0.2) is 0 Å². The fourth-order valence-electron chi connectivity index (χ4n) is 2.27. The highest BCUT2D eigenvalue weighted by Gasteiger charge is 2.35. The summed E-state index contributed by atoms with van der Waals surface area (Å²) in [6.45, 7) is 8.26. The van der Waals surface area contributed by atoms with Gasteiger partial charge in [-0.15, -0.1) is 0 Å². The minimum atomic E-state index is 0.380. The lowest BCUT2D eigenvalue weighted by atomic mass is 9.87. The second-order valence-corrected chi connectivity index (χ2v) is 4.58. The summed E-state index contributed by atoms with van der Waals surface area (Å²) in [6.07, 6.45) is 3.34. The van der Waals surface area contributed by atoms with Crippen molar-refractivity contribution in [2.24, 2.45) is 0 Å². The molecule has 0 bridgehead atoms. The Morgan fingerprint density at radius 2 is 1.86 bits per heavy atom. The van der Waals surface area contributed by atoms with E-state index in [0.717, 1.165) is 32.3 Å². The molecule has 0 aromatic rings. The largest absolute Gasteiger partial charge is 0.379 e. The van der Waals surface area contributed by atoms with Gasteiger partial charge >= 0.3 is 0 Å². The number of hydrogen-bond acceptors (Lipinski definition) is 3. The molecule has 2 fully saturated rings. The van der Waals surface area contributed by atoms with Gasteiger partial charge in [0.1, 0.15) is 0 Å². The van der Waals surface area contributed by atoms with Gasteiger partial charge in [-0.2, -0.15) is 0 Å². The van der Waals surface area contributed by atoms with Crippen LogP contribution >= 0.6 is 0 Å². The van der Waals surface area contributed by atoms with Crippen molar-refractivity contribution in [3.05, 3.63) is 0 Å². The summed E-state index contributed by atoms with van der Waals surface area (Å²) >= 11 is 0. The predicted octanol–water partition coefficient (Wildman–Crippen LogP) is 1.27. The van der Waals surface area contributed by atoms with Crippen LogP contribution in [0.4, 0.5) is 0 Å². The van der Waals surface area contributed by atoms with Crippen LogP contribution in [0.15, 0.2) is 0 Å². The molecule has 0 atom stereocenters. The van der Waals surface area contributed by atoms with Crippen molar-refractivity contribution in [3.63, 3.8) is 0 Å². The summed E-state index contributed by atoms with van der Waals surface area (Å²) < 4.78 is 11.1. The van der Waals surface area contributed by atoms with Gasteiger partial charge in [0.25, 0.3) is 0 Å². The SMILES string of the molecule is CC(C)O[C@H]1C[C@@H](N2CCOCC2)C1. The van der Waals surface area contributed by atoms with E-state index < -0.39 is 0 Å². The molecule has 1 aliphatic heterocycles. The minimum Gasteiger partial charge on any atom is -0.379 e. The quantitative estimate of drug-likeness (QED) is 0.683. The van der Waals surface area contributed by atoms with Gasteiger partial charge < -0.3 is 9.47 Å². The first-order valence-electron chi connectivity index (χ1n) is 5.73. The first-order chi connectivity index (χ1) is 6.75. The number of rotatable bonds is 3. The molecule has 14 heavy (non-hydrogen) atoms. The monoisotopic (exact) mass is 199 g/mol. The highest BCUT2D eigenvalue weighted by atomic mass is 16.5. The minimum absolute atomic E-state index is 0.380. The van der Waals surface area contributed by atoms with Crippen LogP contribution in [0, 0.1) is 0 Å². The van der Waals surface area contributed by atoms with Crippen LogP contribution in [-0.2, 0) is 9.47 Å². The zero-order chi connectivity index (χ0) is 9.97. The van der Waals surface area contributed by atoms with Gasteiger partial charge in [-0.1, -0.05) is 0 Å². The zero-order valence-electron chi connectivity index (χ0n) is 9.24. The number of morpholine rings is 1. The normalized spacial score (nSPS) is 34.5. The van der Waals surface area contributed by atoms with Crippen LogP contribution in [0.2, 0.25) is 0 Å². The van der Waals surface area contributed by atoms with E-state index in [1.54, 1.807) is 0 Å². The summed E-state index contributed by atoms with van der Waals surface area (Å²) in [5.74, 6) is 0. The van der Waals surface area contributed by atoms with Gasteiger partial charge in [-0.3, -0.25) is 4.90 Å². The molecule has 0 N–H and O–H groups in total. The summed E-state index contributed by atoms with van der Waals surface area (Å²) in [6, 6.07) is 0.766. The van der Waals surface area contributed by atoms with Gasteiger partial charge in [0.15, 0.2) is 0 Å². The fourth-order valence-corrected chi connectivity index (χ4v) is 2.27. The molecule has 2 aliphatic rings. The van der Waals surface area contributed by atoms with Crippen molar-refractivity contribution in [1.29, 1.82) is 0 Å². The predicted molar refractivity (Wildman–Crippen MR) is 55.4 cm³/mol. The van der Waals surface area contributed by atoms with Crippen molar-refractivity contribution in [3.8, 4) is 0 Å². The molecule has 3 nitrogen and oxygen atoms in total. The van der Waals surface area contributed by atoms with Crippen LogP contribution in [0.5, 0.6) is 0 Å². The molecular formula is C11H21NO2. The summed E-state index contributed by atoms with van der Waals surface area (Å²) in [5, 5.41) is 0. The number of nitrogens with zero attached hydrogens (tertiary/aromatic N) is 1. The molecule has 0 aromatic carbocycles. The van der Waals surface area contributed by atoms with E-state index in [1.165, 1.54) is 12.8 Å². The van der Waals surface area contributed by atoms with E-state index in [-0.39, 0.29) is 0 Å². The van der Waals surface area contributed by atoms with Gasteiger partial charge in [0, 0.05) is 19.1 Å². The number of ether oxygens (including phenoxy) is 2. The molecular weight excluding hydrogens is 178 g/mol. The second-order valence-electron chi connectivity index (χ2n) is 4.58. The molecule has 1 heterocycles. The molecule has 82 valence electrons. The molecule has 0 radical (unpaired) electrons. The first kappa shape index (κ1) is 10.4. The van der Waals surface area contributed by atoms with Crippen molar-refractivity contribution < 1.29 is 9.47 Å². The van der Waals surface area contributed by atoms with E-state index in [1.807, 2.05) is 0 Å². The van der Waals surface area contributed by atoms with Crippen LogP contribution < -0.4 is 0 Å². The summed E-state index contributed by atoms with van der Waals surface area (Å²) in [4.78, 5) is 2.55. The standard InChI is InChI=1S/C11H21NO2/c1-9(2)14-11-7-10(8-11)12-3-5-13-6-4-12/h9-11H,3-8H2,1-2H3/t10-,11+.